The molecule has 1 aliphatic heterocycles. The maximum atomic E-state index is 13.0. The number of benzene rings is 2. The van der Waals surface area contributed by atoms with E-state index in [9.17, 15) is 17.6 Å². The van der Waals surface area contributed by atoms with E-state index in [4.69, 9.17) is 16.3 Å². The molecule has 1 aliphatic rings. The van der Waals surface area contributed by atoms with E-state index in [-0.39, 0.29) is 10.8 Å². The van der Waals surface area contributed by atoms with Crippen LogP contribution in [0.2, 0.25) is 5.02 Å². The maximum Gasteiger partial charge on any atom is 0.257 e. The summed E-state index contributed by atoms with van der Waals surface area (Å²) < 4.78 is 43.7. The van der Waals surface area contributed by atoms with Crippen molar-refractivity contribution < 1.29 is 22.3 Å². The fourth-order valence-corrected chi connectivity index (χ4v) is 5.11. The number of carbonyl (C=O) groups excluding carboxylic acids is 1. The highest BCUT2D eigenvalue weighted by Crippen LogP contribution is 2.28. The zero-order valence-electron chi connectivity index (χ0n) is 14.7. The Morgan fingerprint density at radius 1 is 1.15 bits per heavy atom. The molecule has 1 amide bonds. The number of sulfone groups is 1. The van der Waals surface area contributed by atoms with E-state index in [1.165, 1.54) is 19.2 Å². The van der Waals surface area contributed by atoms with Crippen molar-refractivity contribution in [2.75, 3.05) is 20.2 Å². The van der Waals surface area contributed by atoms with Gasteiger partial charge < -0.3 is 9.64 Å². The van der Waals surface area contributed by atoms with Crippen LogP contribution in [0.15, 0.2) is 47.4 Å². The Morgan fingerprint density at radius 2 is 1.78 bits per heavy atom. The molecule has 27 heavy (non-hydrogen) atoms. The molecule has 0 aliphatic carbocycles. The normalized spacial score (nSPS) is 15.6. The number of amides is 1. The number of hydrogen-bond acceptors (Lipinski definition) is 4. The van der Waals surface area contributed by atoms with Crippen LogP contribution in [0.5, 0.6) is 5.75 Å². The van der Waals surface area contributed by atoms with Gasteiger partial charge in [-0.3, -0.25) is 4.79 Å². The number of hydrogen-bond donors (Lipinski definition) is 0. The first-order valence-electron chi connectivity index (χ1n) is 8.45. The van der Waals surface area contributed by atoms with E-state index in [0.717, 1.165) is 12.1 Å². The third-order valence-electron chi connectivity index (χ3n) is 4.70. The third kappa shape index (κ3) is 4.09. The molecule has 0 aromatic heterocycles. The second-order valence-electron chi connectivity index (χ2n) is 6.34. The van der Waals surface area contributed by atoms with Crippen molar-refractivity contribution in [2.24, 2.45) is 0 Å². The number of carbonyl (C=O) groups is 1. The van der Waals surface area contributed by atoms with Crippen LogP contribution in [0.4, 0.5) is 4.39 Å². The first-order valence-corrected chi connectivity index (χ1v) is 10.4. The lowest BCUT2D eigenvalue weighted by Gasteiger charge is -2.32. The molecule has 5 nitrogen and oxygen atoms in total. The molecule has 0 radical (unpaired) electrons. The Balaban J connectivity index is 1.73. The van der Waals surface area contributed by atoms with Gasteiger partial charge in [-0.1, -0.05) is 11.6 Å². The van der Waals surface area contributed by atoms with Crippen LogP contribution in [-0.4, -0.2) is 44.7 Å². The summed E-state index contributed by atoms with van der Waals surface area (Å²) in [5.74, 6) is -0.303. The second kappa shape index (κ2) is 7.86. The number of piperidine rings is 1. The van der Waals surface area contributed by atoms with Crippen molar-refractivity contribution in [1.82, 2.24) is 4.90 Å². The van der Waals surface area contributed by atoms with Gasteiger partial charge in [0.05, 0.1) is 22.8 Å². The number of methoxy groups -OCH3 is 1. The number of rotatable bonds is 4. The molecule has 0 bridgehead atoms. The number of nitrogens with zero attached hydrogens (tertiary/aromatic N) is 1. The van der Waals surface area contributed by atoms with Gasteiger partial charge in [0.2, 0.25) is 0 Å². The molecule has 2 aromatic carbocycles. The number of likely N-dealkylation sites (tertiary alicyclic amines) is 1. The minimum atomic E-state index is -3.56. The van der Waals surface area contributed by atoms with Crippen molar-refractivity contribution in [2.45, 2.75) is 23.0 Å². The molecule has 0 unspecified atom stereocenters. The molecule has 8 heteroatoms. The highest BCUT2D eigenvalue weighted by Gasteiger charge is 2.33. The van der Waals surface area contributed by atoms with Crippen LogP contribution < -0.4 is 4.74 Å². The summed E-state index contributed by atoms with van der Waals surface area (Å²) in [4.78, 5) is 14.5. The average molecular weight is 412 g/mol. The molecule has 3 rings (SSSR count). The van der Waals surface area contributed by atoms with Crippen molar-refractivity contribution >= 4 is 27.3 Å². The fraction of sp³-hybridized carbons (Fsp3) is 0.316. The maximum absolute atomic E-state index is 13.0. The molecular formula is C19H19ClFNO4S. The molecule has 144 valence electrons. The zero-order valence-corrected chi connectivity index (χ0v) is 16.3. The highest BCUT2D eigenvalue weighted by atomic mass is 35.5. The second-order valence-corrected chi connectivity index (χ2v) is 9.00. The molecule has 0 atom stereocenters. The molecule has 0 N–H and O–H groups in total. The molecule has 1 fully saturated rings. The first kappa shape index (κ1) is 19.6. The lowest BCUT2D eigenvalue weighted by Crippen LogP contribution is -2.42. The van der Waals surface area contributed by atoms with Crippen molar-refractivity contribution in [3.63, 3.8) is 0 Å². The van der Waals surface area contributed by atoms with Gasteiger partial charge in [-0.2, -0.15) is 0 Å². The van der Waals surface area contributed by atoms with Gasteiger partial charge in [0, 0.05) is 18.1 Å². The Kier molecular flexibility index (Phi) is 5.72. The van der Waals surface area contributed by atoms with E-state index in [1.807, 2.05) is 0 Å². The molecule has 0 saturated carbocycles. The van der Waals surface area contributed by atoms with Crippen molar-refractivity contribution in [1.29, 1.82) is 0 Å². The largest absolute Gasteiger partial charge is 0.496 e. The van der Waals surface area contributed by atoms with Gasteiger partial charge >= 0.3 is 0 Å². The highest BCUT2D eigenvalue weighted by molar-refractivity contribution is 7.92. The molecule has 1 saturated heterocycles. The summed E-state index contributed by atoms with van der Waals surface area (Å²) in [5.41, 5.74) is 0.352. The minimum Gasteiger partial charge on any atom is -0.496 e. The predicted molar refractivity (Wildman–Crippen MR) is 101 cm³/mol. The lowest BCUT2D eigenvalue weighted by molar-refractivity contribution is 0.0722. The van der Waals surface area contributed by atoms with Crippen LogP contribution in [-0.2, 0) is 9.84 Å². The van der Waals surface area contributed by atoms with E-state index in [2.05, 4.69) is 0 Å². The van der Waals surface area contributed by atoms with Gasteiger partial charge in [0.1, 0.15) is 11.6 Å². The van der Waals surface area contributed by atoms with Crippen molar-refractivity contribution in [3.05, 3.63) is 58.9 Å². The summed E-state index contributed by atoms with van der Waals surface area (Å²) in [5, 5.41) is -0.179. The predicted octanol–water partition coefficient (Wildman–Crippen LogP) is 3.57. The van der Waals surface area contributed by atoms with E-state index in [0.29, 0.717) is 42.3 Å². The SMILES string of the molecule is COc1ccc(Cl)cc1C(=O)N1CCC(S(=O)(=O)c2ccc(F)cc2)CC1. The Bertz CT molecular complexity index is 939. The van der Waals surface area contributed by atoms with Crippen LogP contribution in [0.25, 0.3) is 0 Å². The molecular weight excluding hydrogens is 393 g/mol. The topological polar surface area (TPSA) is 63.7 Å². The summed E-state index contributed by atoms with van der Waals surface area (Å²) in [7, 11) is -2.09. The molecule has 0 spiro atoms. The smallest absolute Gasteiger partial charge is 0.257 e. The van der Waals surface area contributed by atoms with E-state index < -0.39 is 20.9 Å². The Hall–Kier alpha value is -2.12. The zero-order chi connectivity index (χ0) is 19.6. The quantitative estimate of drug-likeness (QED) is 0.721. The Labute approximate surface area is 162 Å². The van der Waals surface area contributed by atoms with Gasteiger partial charge in [0.25, 0.3) is 5.91 Å². The monoisotopic (exact) mass is 411 g/mol. The lowest BCUT2D eigenvalue weighted by atomic mass is 10.1. The van der Waals surface area contributed by atoms with Crippen LogP contribution >= 0.6 is 11.6 Å². The fourth-order valence-electron chi connectivity index (χ4n) is 3.20. The van der Waals surface area contributed by atoms with Gasteiger partial charge in [-0.25, -0.2) is 12.8 Å². The van der Waals surface area contributed by atoms with Crippen LogP contribution in [0.1, 0.15) is 23.2 Å². The molecule has 1 heterocycles. The third-order valence-corrected chi connectivity index (χ3v) is 7.22. The van der Waals surface area contributed by atoms with E-state index >= 15 is 0 Å². The van der Waals surface area contributed by atoms with Crippen LogP contribution in [0, 0.1) is 5.82 Å². The first-order chi connectivity index (χ1) is 12.8. The van der Waals surface area contributed by atoms with E-state index in [1.54, 1.807) is 23.1 Å². The number of halogens is 2. The van der Waals surface area contributed by atoms with Gasteiger partial charge in [-0.15, -0.1) is 0 Å². The minimum absolute atomic E-state index is 0.102. The Morgan fingerprint density at radius 3 is 2.37 bits per heavy atom. The number of ether oxygens (including phenoxy) is 1. The van der Waals surface area contributed by atoms with Crippen LogP contribution in [0.3, 0.4) is 0 Å². The standard InChI is InChI=1S/C19H19ClFNO4S/c1-26-18-7-2-13(20)12-17(18)19(23)22-10-8-16(9-11-22)27(24,25)15-5-3-14(21)4-6-15/h2-7,12,16H,8-11H2,1H3. The van der Waals surface area contributed by atoms with Crippen molar-refractivity contribution in [3.8, 4) is 5.75 Å². The summed E-state index contributed by atoms with van der Waals surface area (Å²) in [6, 6.07) is 9.63. The summed E-state index contributed by atoms with van der Waals surface area (Å²) >= 11 is 5.99. The average Bonchev–Trinajstić information content (AvgIpc) is 2.68. The van der Waals surface area contributed by atoms with Gasteiger partial charge in [0.15, 0.2) is 9.84 Å². The molecule has 2 aromatic rings. The summed E-state index contributed by atoms with van der Waals surface area (Å²) in [6.45, 7) is 0.610. The van der Waals surface area contributed by atoms with Gasteiger partial charge in [-0.05, 0) is 55.3 Å². The summed E-state index contributed by atoms with van der Waals surface area (Å²) in [6.07, 6.45) is 0.628.